The lowest BCUT2D eigenvalue weighted by Crippen LogP contribution is -2.22. The Morgan fingerprint density at radius 2 is 0.951 bits per heavy atom. The van der Waals surface area contributed by atoms with Crippen LogP contribution in [0.2, 0.25) is 0 Å². The summed E-state index contributed by atoms with van der Waals surface area (Å²) in [6, 6.07) is 24.1. The monoisotopic (exact) mass is 580 g/mol. The molecule has 0 fully saturated rings. The van der Waals surface area contributed by atoms with E-state index in [-0.39, 0.29) is 11.2 Å². The van der Waals surface area contributed by atoms with Crippen LogP contribution in [0.1, 0.15) is 83.9 Å². The molecule has 0 bridgehead atoms. The van der Waals surface area contributed by atoms with Crippen LogP contribution in [-0.2, 0) is 26.5 Å². The summed E-state index contributed by atoms with van der Waals surface area (Å²) in [4.78, 5) is 0. The lowest BCUT2D eigenvalue weighted by molar-refractivity contribution is 0.130. The lowest BCUT2D eigenvalue weighted by atomic mass is 10.1. The van der Waals surface area contributed by atoms with Crippen LogP contribution < -0.4 is 14.8 Å². The van der Waals surface area contributed by atoms with E-state index in [0.29, 0.717) is 18.5 Å². The second-order valence-corrected chi connectivity index (χ2v) is 14.7. The first-order chi connectivity index (χ1) is 19.3. The summed E-state index contributed by atoms with van der Waals surface area (Å²) in [6.07, 6.45) is 5.33. The second kappa shape index (κ2) is 15.0. The van der Waals surface area contributed by atoms with Crippen molar-refractivity contribution in [3.05, 3.63) is 89.5 Å². The Labute approximate surface area is 248 Å². The van der Waals surface area contributed by atoms with Gasteiger partial charge in [0.25, 0.3) is 0 Å². The maximum atomic E-state index is 13.8. The largest absolute Gasteiger partial charge is 0.488 e. The molecule has 0 aliphatic heterocycles. The summed E-state index contributed by atoms with van der Waals surface area (Å²) in [5.74, 6) is 1.76. The van der Waals surface area contributed by atoms with Crippen LogP contribution in [0.5, 0.6) is 11.5 Å². The number of rotatable bonds is 15. The minimum atomic E-state index is -3.40. The van der Waals surface area contributed by atoms with Crippen molar-refractivity contribution >= 4 is 12.9 Å². The summed E-state index contributed by atoms with van der Waals surface area (Å²) in [6.45, 7) is 15.1. The molecule has 3 rings (SSSR count). The molecular weight excluding hydrogens is 531 g/mol. The molecule has 5 nitrogen and oxygen atoms in total. The fourth-order valence-corrected chi connectivity index (χ4v) is 5.93. The van der Waals surface area contributed by atoms with Crippen molar-refractivity contribution in [2.45, 2.75) is 98.2 Å². The third-order valence-electron chi connectivity index (χ3n) is 6.29. The number of hydrogen-bond acceptors (Lipinski definition) is 5. The highest BCUT2D eigenvalue weighted by Crippen LogP contribution is 2.47. The van der Waals surface area contributed by atoms with Crippen molar-refractivity contribution < 1.29 is 23.1 Å². The zero-order chi connectivity index (χ0) is 29.9. The normalized spacial score (nSPS) is 12.4. The van der Waals surface area contributed by atoms with E-state index in [1.54, 1.807) is 0 Å². The highest BCUT2D eigenvalue weighted by atomic mass is 31.2. The molecule has 0 aromatic heterocycles. The minimum Gasteiger partial charge on any atom is -0.488 e. The van der Waals surface area contributed by atoms with E-state index < -0.39 is 7.60 Å². The van der Waals surface area contributed by atoms with Crippen molar-refractivity contribution in [2.24, 2.45) is 0 Å². The van der Waals surface area contributed by atoms with Gasteiger partial charge >= 0.3 is 7.60 Å². The van der Waals surface area contributed by atoms with Crippen molar-refractivity contribution in [1.82, 2.24) is 0 Å². The Morgan fingerprint density at radius 1 is 0.561 bits per heavy atom. The molecule has 0 N–H and O–H groups in total. The summed E-state index contributed by atoms with van der Waals surface area (Å²) in [5, 5.41) is 0.618. The van der Waals surface area contributed by atoms with Crippen LogP contribution in [0.25, 0.3) is 0 Å². The zero-order valence-electron chi connectivity index (χ0n) is 26.1. The van der Waals surface area contributed by atoms with E-state index in [2.05, 4.69) is 24.3 Å². The lowest BCUT2D eigenvalue weighted by Gasteiger charge is -2.21. The van der Waals surface area contributed by atoms with Crippen molar-refractivity contribution in [3.63, 3.8) is 0 Å². The fraction of sp³-hybridized carbons (Fsp3) is 0.486. The molecule has 0 spiro atoms. The van der Waals surface area contributed by atoms with E-state index in [1.807, 2.05) is 97.0 Å². The van der Waals surface area contributed by atoms with Crippen molar-refractivity contribution in [2.75, 3.05) is 13.2 Å². The molecule has 0 saturated heterocycles. The quantitative estimate of drug-likeness (QED) is 0.132. The van der Waals surface area contributed by atoms with Crippen LogP contribution in [0.3, 0.4) is 0 Å². The fourth-order valence-electron chi connectivity index (χ4n) is 4.30. The molecule has 0 atom stereocenters. The van der Waals surface area contributed by atoms with E-state index in [0.717, 1.165) is 55.6 Å². The molecule has 0 unspecified atom stereocenters. The third-order valence-corrected chi connectivity index (χ3v) is 8.26. The molecule has 6 heteroatoms. The maximum Gasteiger partial charge on any atom is 0.361 e. The molecule has 3 aromatic rings. The Balaban J connectivity index is 1.45. The van der Waals surface area contributed by atoms with Crippen LogP contribution in [-0.4, -0.2) is 24.4 Å². The topological polar surface area (TPSA) is 54.0 Å². The van der Waals surface area contributed by atoms with Crippen molar-refractivity contribution in [1.29, 1.82) is 0 Å². The van der Waals surface area contributed by atoms with E-state index in [9.17, 15) is 4.57 Å². The molecule has 0 aliphatic carbocycles. The molecular formula is C35H49O5P. The van der Waals surface area contributed by atoms with Gasteiger partial charge in [-0.15, -0.1) is 0 Å². The van der Waals surface area contributed by atoms with Crippen molar-refractivity contribution in [3.8, 4) is 11.5 Å². The average molecular weight is 581 g/mol. The van der Waals surface area contributed by atoms with E-state index >= 15 is 0 Å². The SMILES string of the molecule is Cc1ccc(P(=O)(OCCCCc2ccc(OC(C)(C)C)cc2)OCCCCc2ccc(OC(C)(C)C)cc2)cc1. The average Bonchev–Trinajstić information content (AvgIpc) is 2.89. The van der Waals surface area contributed by atoms with E-state index in [1.165, 1.54) is 11.1 Å². The molecule has 41 heavy (non-hydrogen) atoms. The number of benzene rings is 3. The summed E-state index contributed by atoms with van der Waals surface area (Å²) >= 11 is 0. The summed E-state index contributed by atoms with van der Waals surface area (Å²) in [5.41, 5.74) is 3.19. The molecule has 0 radical (unpaired) electrons. The Hall–Kier alpha value is -2.59. The smallest absolute Gasteiger partial charge is 0.361 e. The predicted molar refractivity (Wildman–Crippen MR) is 170 cm³/mol. The molecule has 0 heterocycles. The minimum absolute atomic E-state index is 0.208. The van der Waals surface area contributed by atoms with Crippen LogP contribution in [0.4, 0.5) is 0 Å². The highest BCUT2D eigenvalue weighted by molar-refractivity contribution is 7.62. The molecule has 0 aliphatic rings. The van der Waals surface area contributed by atoms with Gasteiger partial charge in [0.15, 0.2) is 0 Å². The van der Waals surface area contributed by atoms with Gasteiger partial charge in [0.1, 0.15) is 22.7 Å². The predicted octanol–water partition coefficient (Wildman–Crippen LogP) is 9.25. The molecule has 224 valence electrons. The first-order valence-corrected chi connectivity index (χ1v) is 16.4. The van der Waals surface area contributed by atoms with Gasteiger partial charge in [-0.25, -0.2) is 0 Å². The van der Waals surface area contributed by atoms with Gasteiger partial charge in [-0.3, -0.25) is 4.57 Å². The van der Waals surface area contributed by atoms with Gasteiger partial charge in [0, 0.05) is 0 Å². The first kappa shape index (κ1) is 32.9. The van der Waals surface area contributed by atoms with Crippen LogP contribution in [0, 0.1) is 6.92 Å². The third kappa shape index (κ3) is 12.4. The van der Waals surface area contributed by atoms with Gasteiger partial charge in [-0.05, 0) is 135 Å². The van der Waals surface area contributed by atoms with Gasteiger partial charge in [-0.1, -0.05) is 42.0 Å². The van der Waals surface area contributed by atoms with Gasteiger partial charge in [0.2, 0.25) is 0 Å². The van der Waals surface area contributed by atoms with Crippen LogP contribution >= 0.6 is 7.60 Å². The summed E-state index contributed by atoms with van der Waals surface area (Å²) in [7, 11) is -3.40. The Morgan fingerprint density at radius 3 is 1.32 bits per heavy atom. The van der Waals surface area contributed by atoms with Gasteiger partial charge in [-0.2, -0.15) is 0 Å². The standard InChI is InChI=1S/C35H49O5P/c1-28-14-24-33(25-15-28)41(36,37-26-10-8-12-29-16-20-31(21-17-29)39-34(2,3)4)38-27-11-9-13-30-18-22-32(23-19-30)40-35(5,6)7/h14-25H,8-13,26-27H2,1-7H3. The van der Waals surface area contributed by atoms with Gasteiger partial charge < -0.3 is 18.5 Å². The highest BCUT2D eigenvalue weighted by Gasteiger charge is 2.27. The summed E-state index contributed by atoms with van der Waals surface area (Å²) < 4.78 is 37.6. The second-order valence-electron chi connectivity index (χ2n) is 12.6. The maximum absolute atomic E-state index is 13.8. The van der Waals surface area contributed by atoms with Gasteiger partial charge in [0.05, 0.1) is 18.5 Å². The van der Waals surface area contributed by atoms with Crippen LogP contribution in [0.15, 0.2) is 72.8 Å². The van der Waals surface area contributed by atoms with E-state index in [4.69, 9.17) is 18.5 Å². The first-order valence-electron chi connectivity index (χ1n) is 14.8. The molecule has 3 aromatic carbocycles. The molecule has 0 amide bonds. The Kier molecular flexibility index (Phi) is 12.1. The number of ether oxygens (including phenoxy) is 2. The number of aryl methyl sites for hydroxylation is 3. The zero-order valence-corrected chi connectivity index (χ0v) is 27.0. The molecule has 0 saturated carbocycles. The Bertz CT molecular complexity index is 1150. The number of hydrogen-bond donors (Lipinski definition) is 0. The number of unbranched alkanes of at least 4 members (excludes halogenated alkanes) is 2.